The van der Waals surface area contributed by atoms with Crippen molar-refractivity contribution in [2.24, 2.45) is 5.92 Å². The number of aromatic nitrogens is 3. The van der Waals surface area contributed by atoms with Crippen LogP contribution in [0, 0.1) is 5.92 Å². The molecular formula is C27H33N5O6. The summed E-state index contributed by atoms with van der Waals surface area (Å²) in [5.74, 6) is -1.16. The highest BCUT2D eigenvalue weighted by Gasteiger charge is 2.33. The number of H-pyrrole nitrogens is 2. The van der Waals surface area contributed by atoms with Crippen LogP contribution in [0.25, 0.3) is 0 Å². The Hall–Kier alpha value is -4.25. The summed E-state index contributed by atoms with van der Waals surface area (Å²) in [6, 6.07) is 17.5. The Morgan fingerprint density at radius 1 is 0.895 bits per heavy atom. The minimum atomic E-state index is -1.26. The summed E-state index contributed by atoms with van der Waals surface area (Å²) in [5, 5.41) is 0.839. The molecule has 2 aromatic carbocycles. The van der Waals surface area contributed by atoms with Gasteiger partial charge in [0.2, 0.25) is 5.91 Å². The normalized spacial score (nSPS) is 11.8. The van der Waals surface area contributed by atoms with Crippen LogP contribution in [0.2, 0.25) is 0 Å². The third-order valence-electron chi connectivity index (χ3n) is 5.87. The van der Waals surface area contributed by atoms with Crippen LogP contribution in [-0.4, -0.2) is 32.5 Å². The second-order valence-electron chi connectivity index (χ2n) is 9.31. The maximum absolute atomic E-state index is 13.4. The van der Waals surface area contributed by atoms with Crippen molar-refractivity contribution in [2.75, 3.05) is 5.01 Å². The average Bonchev–Trinajstić information content (AvgIpc) is 2.89. The van der Waals surface area contributed by atoms with E-state index in [1.165, 1.54) is 0 Å². The Morgan fingerprint density at radius 3 is 2.05 bits per heavy atom. The van der Waals surface area contributed by atoms with Gasteiger partial charge in [-0.2, -0.15) is 0 Å². The Balaban J connectivity index is 1.92. The van der Waals surface area contributed by atoms with Gasteiger partial charge in [0.15, 0.2) is 0 Å². The number of nitrogens with one attached hydrogen (secondary N) is 3. The van der Waals surface area contributed by atoms with Crippen LogP contribution in [0.3, 0.4) is 0 Å². The number of carbonyl (C=O) groups excluding carboxylic acids is 2. The summed E-state index contributed by atoms with van der Waals surface area (Å²) >= 11 is 0. The molecule has 0 fully saturated rings. The van der Waals surface area contributed by atoms with Crippen LogP contribution >= 0.6 is 0 Å². The van der Waals surface area contributed by atoms with Gasteiger partial charge in [-0.25, -0.2) is 24.9 Å². The van der Waals surface area contributed by atoms with Crippen LogP contribution in [0.5, 0.6) is 0 Å². The lowest BCUT2D eigenvalue weighted by Gasteiger charge is -2.30. The van der Waals surface area contributed by atoms with Crippen molar-refractivity contribution in [2.45, 2.75) is 58.6 Å². The molecular weight excluding hydrogens is 490 g/mol. The molecule has 0 saturated carbocycles. The van der Waals surface area contributed by atoms with E-state index in [2.05, 4.69) is 5.48 Å². The highest BCUT2D eigenvalue weighted by molar-refractivity contribution is 5.94. The highest BCUT2D eigenvalue weighted by Crippen LogP contribution is 2.14. The standard InChI is InChI=1S/C27H33N5O6/c1-19(2)16-17-23(33)31(32-26(36)28-25(35)29-27(32)37)22(15-9-14-20-10-5-3-6-11-20)24(34)30-38-18-21-12-7-4-8-13-21/h3-8,10-13,19,22H,9,14-18H2,1-2H3,(H,30,34)(H2,28,29,35,36,37)/t22-/m0/s1. The number of hydrogen-bond donors (Lipinski definition) is 3. The van der Waals surface area contributed by atoms with Crippen molar-refractivity contribution in [3.8, 4) is 0 Å². The molecule has 2 amide bonds. The molecule has 1 heterocycles. The van der Waals surface area contributed by atoms with Gasteiger partial charge in [-0.15, -0.1) is 4.68 Å². The van der Waals surface area contributed by atoms with Gasteiger partial charge in [-0.3, -0.25) is 24.4 Å². The molecule has 11 heteroatoms. The topological polar surface area (TPSA) is 146 Å². The number of nitrogens with zero attached hydrogens (tertiary/aromatic N) is 2. The van der Waals surface area contributed by atoms with E-state index in [-0.39, 0.29) is 25.4 Å². The molecule has 11 nitrogen and oxygen atoms in total. The molecule has 0 spiro atoms. The molecule has 0 aliphatic heterocycles. The van der Waals surface area contributed by atoms with Gasteiger partial charge in [-0.1, -0.05) is 74.5 Å². The van der Waals surface area contributed by atoms with Gasteiger partial charge in [0, 0.05) is 6.42 Å². The van der Waals surface area contributed by atoms with Crippen LogP contribution in [0.1, 0.15) is 50.7 Å². The van der Waals surface area contributed by atoms with Gasteiger partial charge in [0.05, 0.1) is 6.61 Å². The quantitative estimate of drug-likeness (QED) is 0.291. The second kappa shape index (κ2) is 13.9. The number of rotatable bonds is 13. The first-order valence-electron chi connectivity index (χ1n) is 12.5. The predicted molar refractivity (Wildman–Crippen MR) is 142 cm³/mol. The summed E-state index contributed by atoms with van der Waals surface area (Å²) in [5.41, 5.74) is 0.954. The van der Waals surface area contributed by atoms with Crippen molar-refractivity contribution < 1.29 is 14.4 Å². The monoisotopic (exact) mass is 523 g/mol. The Labute approximate surface area is 219 Å². The molecule has 0 aliphatic carbocycles. The van der Waals surface area contributed by atoms with Gasteiger partial charge < -0.3 is 0 Å². The predicted octanol–water partition coefficient (Wildman–Crippen LogP) is 1.77. The average molecular weight is 524 g/mol. The van der Waals surface area contributed by atoms with Gasteiger partial charge in [-0.05, 0) is 42.7 Å². The largest absolute Gasteiger partial charge is 0.353 e. The van der Waals surface area contributed by atoms with Crippen molar-refractivity contribution in [1.82, 2.24) is 20.1 Å². The lowest BCUT2D eigenvalue weighted by Crippen LogP contribution is -2.63. The molecule has 0 unspecified atom stereocenters. The second-order valence-corrected chi connectivity index (χ2v) is 9.31. The van der Waals surface area contributed by atoms with E-state index in [1.54, 1.807) is 0 Å². The Kier molecular flexibility index (Phi) is 10.4. The van der Waals surface area contributed by atoms with Crippen LogP contribution in [0.15, 0.2) is 75.0 Å². The SMILES string of the molecule is CC(C)CCC(=O)N([C@@H](CCCc1ccccc1)C(=O)NOCc1ccccc1)n1c(=O)[nH]c(=O)[nH]c1=O. The van der Waals surface area contributed by atoms with Crippen molar-refractivity contribution in [1.29, 1.82) is 0 Å². The molecule has 0 bridgehead atoms. The van der Waals surface area contributed by atoms with Crippen LogP contribution in [0.4, 0.5) is 0 Å². The fourth-order valence-electron chi connectivity index (χ4n) is 3.91. The fourth-order valence-corrected chi connectivity index (χ4v) is 3.91. The maximum atomic E-state index is 13.4. The third-order valence-corrected chi connectivity index (χ3v) is 5.87. The minimum absolute atomic E-state index is 0.0178. The molecule has 3 rings (SSSR count). The number of hydroxylamine groups is 1. The molecule has 38 heavy (non-hydrogen) atoms. The van der Waals surface area contributed by atoms with E-state index in [0.29, 0.717) is 23.9 Å². The summed E-state index contributed by atoms with van der Waals surface area (Å²) in [6.45, 7) is 3.93. The molecule has 0 aliphatic rings. The maximum Gasteiger partial charge on any atom is 0.353 e. The third kappa shape index (κ3) is 8.13. The smallest absolute Gasteiger partial charge is 0.273 e. The molecule has 1 atom stereocenters. The van der Waals surface area contributed by atoms with E-state index in [9.17, 15) is 24.0 Å². The van der Waals surface area contributed by atoms with E-state index in [4.69, 9.17) is 4.84 Å². The molecule has 1 aromatic heterocycles. The molecule has 202 valence electrons. The van der Waals surface area contributed by atoms with Crippen LogP contribution in [-0.2, 0) is 27.5 Å². The van der Waals surface area contributed by atoms with E-state index >= 15 is 0 Å². The van der Waals surface area contributed by atoms with Crippen molar-refractivity contribution in [3.05, 3.63) is 103 Å². The minimum Gasteiger partial charge on any atom is -0.273 e. The van der Waals surface area contributed by atoms with Crippen molar-refractivity contribution >= 4 is 11.8 Å². The van der Waals surface area contributed by atoms with Crippen LogP contribution < -0.4 is 27.6 Å². The Bertz CT molecular complexity index is 1330. The summed E-state index contributed by atoms with van der Waals surface area (Å²) < 4.78 is 0.480. The number of amides is 2. The highest BCUT2D eigenvalue weighted by atomic mass is 16.7. The first-order valence-corrected chi connectivity index (χ1v) is 12.5. The zero-order chi connectivity index (χ0) is 27.5. The lowest BCUT2D eigenvalue weighted by molar-refractivity contribution is -0.138. The first kappa shape index (κ1) is 28.3. The number of aryl methyl sites for hydroxylation is 1. The van der Waals surface area contributed by atoms with E-state index < -0.39 is 34.9 Å². The number of benzene rings is 2. The first-order chi connectivity index (χ1) is 18.3. The molecule has 3 aromatic rings. The zero-order valence-electron chi connectivity index (χ0n) is 21.5. The van der Waals surface area contributed by atoms with Gasteiger partial charge in [0.25, 0.3) is 5.91 Å². The summed E-state index contributed by atoms with van der Waals surface area (Å²) in [7, 11) is 0. The summed E-state index contributed by atoms with van der Waals surface area (Å²) in [6.07, 6.45) is 1.63. The molecule has 3 N–H and O–H groups in total. The molecule has 0 radical (unpaired) electrons. The summed E-state index contributed by atoms with van der Waals surface area (Å²) in [4.78, 5) is 73.2. The zero-order valence-corrected chi connectivity index (χ0v) is 21.5. The van der Waals surface area contributed by atoms with E-state index in [1.807, 2.05) is 84.5 Å². The number of carbonyl (C=O) groups is 2. The Morgan fingerprint density at radius 2 is 1.47 bits per heavy atom. The van der Waals surface area contributed by atoms with Crippen molar-refractivity contribution in [3.63, 3.8) is 0 Å². The molecule has 0 saturated heterocycles. The van der Waals surface area contributed by atoms with Gasteiger partial charge >= 0.3 is 17.1 Å². The van der Waals surface area contributed by atoms with E-state index in [0.717, 1.165) is 16.1 Å². The number of aromatic amines is 2. The van der Waals surface area contributed by atoms with Gasteiger partial charge in [0.1, 0.15) is 6.04 Å². The lowest BCUT2D eigenvalue weighted by atomic mass is 10.0. The number of hydrogen-bond acceptors (Lipinski definition) is 6. The fraction of sp³-hybridized carbons (Fsp3) is 0.370.